The van der Waals surface area contributed by atoms with Crippen molar-refractivity contribution in [3.8, 4) is 5.75 Å². The maximum Gasteiger partial charge on any atom is 0.170 e. The first kappa shape index (κ1) is 14.7. The minimum absolute atomic E-state index is 0.111. The number of nitrogens with one attached hydrogen (secondary N) is 1. The molecule has 0 amide bonds. The van der Waals surface area contributed by atoms with Crippen molar-refractivity contribution >= 4 is 5.84 Å². The van der Waals surface area contributed by atoms with Crippen LogP contribution in [-0.4, -0.2) is 24.2 Å². The van der Waals surface area contributed by atoms with Crippen LogP contribution in [0.3, 0.4) is 0 Å². The molecule has 0 radical (unpaired) electrons. The first-order chi connectivity index (χ1) is 9.63. The molecule has 1 saturated carbocycles. The van der Waals surface area contributed by atoms with Crippen LogP contribution in [0.1, 0.15) is 37.3 Å². The molecule has 1 fully saturated rings. The van der Waals surface area contributed by atoms with Gasteiger partial charge in [0.15, 0.2) is 5.84 Å². The van der Waals surface area contributed by atoms with Gasteiger partial charge in [-0.15, -0.1) is 0 Å². The number of hydrogen-bond acceptors (Lipinski definition) is 4. The summed E-state index contributed by atoms with van der Waals surface area (Å²) in [6.45, 7) is 2.92. The summed E-state index contributed by atoms with van der Waals surface area (Å²) in [4.78, 5) is 0. The van der Waals surface area contributed by atoms with Gasteiger partial charge in [0.2, 0.25) is 0 Å². The summed E-state index contributed by atoms with van der Waals surface area (Å²) in [7, 11) is 1.65. The molecule has 1 aliphatic rings. The van der Waals surface area contributed by atoms with E-state index in [1.54, 1.807) is 13.2 Å². The van der Waals surface area contributed by atoms with E-state index in [1.165, 1.54) is 19.3 Å². The second-order valence-electron chi connectivity index (χ2n) is 5.47. The van der Waals surface area contributed by atoms with Crippen LogP contribution in [0.15, 0.2) is 23.4 Å². The summed E-state index contributed by atoms with van der Waals surface area (Å²) in [5.41, 5.74) is 7.33. The van der Waals surface area contributed by atoms with Gasteiger partial charge in [-0.05, 0) is 37.5 Å². The van der Waals surface area contributed by atoms with Gasteiger partial charge in [0.25, 0.3) is 0 Å². The first-order valence-corrected chi connectivity index (χ1v) is 7.02. The highest BCUT2D eigenvalue weighted by Crippen LogP contribution is 2.33. The molecule has 0 aromatic heterocycles. The Hall–Kier alpha value is -1.75. The number of ether oxygens (including phenoxy) is 1. The number of oxime groups is 1. The van der Waals surface area contributed by atoms with Gasteiger partial charge < -0.3 is 21.0 Å². The summed E-state index contributed by atoms with van der Waals surface area (Å²) in [5.74, 6) is 1.83. The predicted molar refractivity (Wildman–Crippen MR) is 79.1 cm³/mol. The standard InChI is InChI=1S/C15H23N3O2/c1-10(7-11-3-4-11)17-9-13-8-12(15(16)18-19)5-6-14(13)20-2/h5-6,8,10-11,17,19H,3-4,7,9H2,1-2H3,(H2,16,18). The van der Waals surface area contributed by atoms with E-state index in [0.29, 0.717) is 18.2 Å². The summed E-state index contributed by atoms with van der Waals surface area (Å²) in [6, 6.07) is 6.01. The molecule has 0 bridgehead atoms. The quantitative estimate of drug-likeness (QED) is 0.308. The second-order valence-corrected chi connectivity index (χ2v) is 5.47. The van der Waals surface area contributed by atoms with E-state index >= 15 is 0 Å². The van der Waals surface area contributed by atoms with E-state index in [1.807, 2.05) is 12.1 Å². The number of rotatable bonds is 7. The molecule has 20 heavy (non-hydrogen) atoms. The molecule has 0 spiro atoms. The van der Waals surface area contributed by atoms with Gasteiger partial charge in [-0.3, -0.25) is 0 Å². The molecule has 5 heteroatoms. The van der Waals surface area contributed by atoms with E-state index < -0.39 is 0 Å². The average Bonchev–Trinajstić information content (AvgIpc) is 3.27. The Labute approximate surface area is 119 Å². The fourth-order valence-corrected chi connectivity index (χ4v) is 2.35. The third-order valence-electron chi connectivity index (χ3n) is 3.71. The summed E-state index contributed by atoms with van der Waals surface area (Å²) < 4.78 is 5.36. The average molecular weight is 277 g/mol. The zero-order valence-corrected chi connectivity index (χ0v) is 12.1. The van der Waals surface area contributed by atoms with Crippen LogP contribution in [0, 0.1) is 5.92 Å². The van der Waals surface area contributed by atoms with Crippen LogP contribution in [0.2, 0.25) is 0 Å². The maximum absolute atomic E-state index is 8.75. The lowest BCUT2D eigenvalue weighted by Gasteiger charge is -2.16. The number of nitrogens with zero attached hydrogens (tertiary/aromatic N) is 1. The fraction of sp³-hybridized carbons (Fsp3) is 0.533. The van der Waals surface area contributed by atoms with Crippen LogP contribution in [0.5, 0.6) is 5.75 Å². The van der Waals surface area contributed by atoms with E-state index in [9.17, 15) is 0 Å². The van der Waals surface area contributed by atoms with Crippen molar-refractivity contribution < 1.29 is 9.94 Å². The zero-order chi connectivity index (χ0) is 14.5. The van der Waals surface area contributed by atoms with E-state index in [-0.39, 0.29) is 5.84 Å². The predicted octanol–water partition coefficient (Wildman–Crippen LogP) is 2.07. The smallest absolute Gasteiger partial charge is 0.170 e. The van der Waals surface area contributed by atoms with Gasteiger partial charge in [-0.2, -0.15) is 0 Å². The van der Waals surface area contributed by atoms with Crippen LogP contribution >= 0.6 is 0 Å². The third-order valence-corrected chi connectivity index (χ3v) is 3.71. The molecule has 1 aliphatic carbocycles. The second kappa shape index (κ2) is 6.61. The van der Waals surface area contributed by atoms with Crippen molar-refractivity contribution in [1.29, 1.82) is 0 Å². The molecule has 110 valence electrons. The third kappa shape index (κ3) is 3.87. The van der Waals surface area contributed by atoms with E-state index in [0.717, 1.165) is 17.2 Å². The van der Waals surface area contributed by atoms with Crippen molar-refractivity contribution in [2.75, 3.05) is 7.11 Å². The van der Waals surface area contributed by atoms with Gasteiger partial charge in [-0.25, -0.2) is 0 Å². The number of hydrogen-bond donors (Lipinski definition) is 3. The zero-order valence-electron chi connectivity index (χ0n) is 12.1. The molecule has 1 aromatic carbocycles. The normalized spacial score (nSPS) is 17.0. The Morgan fingerprint density at radius 3 is 2.90 bits per heavy atom. The lowest BCUT2D eigenvalue weighted by Crippen LogP contribution is -2.26. The SMILES string of the molecule is COc1ccc(/C(N)=N/O)cc1CNC(C)CC1CC1. The van der Waals surface area contributed by atoms with Crippen molar-refractivity contribution in [2.24, 2.45) is 16.8 Å². The highest BCUT2D eigenvalue weighted by Gasteiger charge is 2.23. The molecule has 4 N–H and O–H groups in total. The Balaban J connectivity index is 2.03. The number of methoxy groups -OCH3 is 1. The highest BCUT2D eigenvalue weighted by molar-refractivity contribution is 5.97. The summed E-state index contributed by atoms with van der Waals surface area (Å²) in [5, 5.41) is 15.3. The van der Waals surface area contributed by atoms with Crippen molar-refractivity contribution in [3.63, 3.8) is 0 Å². The molecule has 0 saturated heterocycles. The molecule has 5 nitrogen and oxygen atoms in total. The molecular formula is C15H23N3O2. The summed E-state index contributed by atoms with van der Waals surface area (Å²) >= 11 is 0. The minimum Gasteiger partial charge on any atom is -0.496 e. The van der Waals surface area contributed by atoms with E-state index in [2.05, 4.69) is 17.4 Å². The van der Waals surface area contributed by atoms with Gasteiger partial charge in [0, 0.05) is 23.7 Å². The lowest BCUT2D eigenvalue weighted by molar-refractivity contribution is 0.318. The number of nitrogens with two attached hydrogens (primary N) is 1. The van der Waals surface area contributed by atoms with Crippen LogP contribution in [-0.2, 0) is 6.54 Å². The van der Waals surface area contributed by atoms with Crippen LogP contribution in [0.4, 0.5) is 0 Å². The first-order valence-electron chi connectivity index (χ1n) is 7.02. The van der Waals surface area contributed by atoms with Crippen molar-refractivity contribution in [3.05, 3.63) is 29.3 Å². The molecule has 1 aromatic rings. The maximum atomic E-state index is 8.75. The van der Waals surface area contributed by atoms with Crippen LogP contribution in [0.25, 0.3) is 0 Å². The Morgan fingerprint density at radius 1 is 1.55 bits per heavy atom. The van der Waals surface area contributed by atoms with Gasteiger partial charge in [0.1, 0.15) is 5.75 Å². The molecular weight excluding hydrogens is 254 g/mol. The van der Waals surface area contributed by atoms with Crippen molar-refractivity contribution in [1.82, 2.24) is 5.32 Å². The van der Waals surface area contributed by atoms with Gasteiger partial charge >= 0.3 is 0 Å². The lowest BCUT2D eigenvalue weighted by atomic mass is 10.1. The van der Waals surface area contributed by atoms with Crippen LogP contribution < -0.4 is 15.8 Å². The monoisotopic (exact) mass is 277 g/mol. The van der Waals surface area contributed by atoms with Gasteiger partial charge in [0.05, 0.1) is 7.11 Å². The number of amidine groups is 1. The Kier molecular flexibility index (Phi) is 4.84. The molecule has 2 rings (SSSR count). The summed E-state index contributed by atoms with van der Waals surface area (Å²) in [6.07, 6.45) is 3.96. The fourth-order valence-electron chi connectivity index (χ4n) is 2.35. The molecule has 0 heterocycles. The Bertz CT molecular complexity index is 484. The molecule has 1 unspecified atom stereocenters. The minimum atomic E-state index is 0.111. The Morgan fingerprint density at radius 2 is 2.30 bits per heavy atom. The topological polar surface area (TPSA) is 79.9 Å². The largest absolute Gasteiger partial charge is 0.496 e. The van der Waals surface area contributed by atoms with Gasteiger partial charge in [-0.1, -0.05) is 18.0 Å². The van der Waals surface area contributed by atoms with E-state index in [4.69, 9.17) is 15.7 Å². The molecule has 0 aliphatic heterocycles. The number of benzene rings is 1. The molecule has 1 atom stereocenters. The van der Waals surface area contributed by atoms with Crippen molar-refractivity contribution in [2.45, 2.75) is 38.8 Å². The highest BCUT2D eigenvalue weighted by atomic mass is 16.5.